The van der Waals surface area contributed by atoms with Crippen LogP contribution in [0.2, 0.25) is 0 Å². The summed E-state index contributed by atoms with van der Waals surface area (Å²) < 4.78 is 5.42. The largest absolute Gasteiger partial charge is 0.444 e. The number of ether oxygens (including phenoxy) is 1. The molecule has 1 unspecified atom stereocenters. The second-order valence-corrected chi connectivity index (χ2v) is 6.56. The van der Waals surface area contributed by atoms with Crippen LogP contribution in [0.3, 0.4) is 0 Å². The highest BCUT2D eigenvalue weighted by Gasteiger charge is 2.34. The van der Waals surface area contributed by atoms with Crippen LogP contribution in [0.15, 0.2) is 5.38 Å². The molecular weight excluding hydrogens is 264 g/mol. The number of thiazole rings is 1. The Balaban J connectivity index is 2.10. The third-order valence-electron chi connectivity index (χ3n) is 2.90. The maximum absolute atomic E-state index is 12.2. The van der Waals surface area contributed by atoms with Crippen molar-refractivity contribution in [3.63, 3.8) is 0 Å². The van der Waals surface area contributed by atoms with E-state index < -0.39 is 5.60 Å². The van der Waals surface area contributed by atoms with Crippen LogP contribution in [-0.2, 0) is 11.3 Å². The Labute approximate surface area is 117 Å². The van der Waals surface area contributed by atoms with Crippen LogP contribution in [0.4, 0.5) is 4.79 Å². The first-order valence-electron chi connectivity index (χ1n) is 6.45. The number of aliphatic hydroxyl groups excluding tert-OH is 1. The van der Waals surface area contributed by atoms with E-state index in [-0.39, 0.29) is 18.7 Å². The van der Waals surface area contributed by atoms with Crippen LogP contribution in [0, 0.1) is 0 Å². The molecule has 2 rings (SSSR count). The van der Waals surface area contributed by atoms with Gasteiger partial charge in [-0.2, -0.15) is 0 Å². The normalized spacial score (nSPS) is 19.8. The van der Waals surface area contributed by atoms with Gasteiger partial charge in [-0.15, -0.1) is 11.3 Å². The molecular formula is C13H20N2O3S. The van der Waals surface area contributed by atoms with Crippen molar-refractivity contribution in [2.75, 3.05) is 6.54 Å². The minimum atomic E-state index is -0.483. The van der Waals surface area contributed by atoms with Crippen LogP contribution in [0.25, 0.3) is 0 Å². The Kier molecular flexibility index (Phi) is 4.10. The summed E-state index contributed by atoms with van der Waals surface area (Å²) in [6, 6.07) is -0.0138. The molecule has 0 saturated carbocycles. The molecule has 1 aliphatic rings. The van der Waals surface area contributed by atoms with Crippen molar-refractivity contribution in [1.82, 2.24) is 9.88 Å². The van der Waals surface area contributed by atoms with Crippen molar-refractivity contribution in [2.45, 2.75) is 51.9 Å². The number of amides is 1. The standard InChI is InChI=1S/C13H20N2O3S/c1-13(2,3)18-12(17)15-6-4-5-10(15)11-14-9(7-16)8-19-11/h8,10,16H,4-7H2,1-3H3. The van der Waals surface area contributed by atoms with Crippen molar-refractivity contribution in [2.24, 2.45) is 0 Å². The molecule has 1 atom stereocenters. The van der Waals surface area contributed by atoms with Gasteiger partial charge in [0.2, 0.25) is 0 Å². The Morgan fingerprint density at radius 2 is 2.37 bits per heavy atom. The molecule has 1 fully saturated rings. The van der Waals surface area contributed by atoms with Gasteiger partial charge in [0.1, 0.15) is 10.6 Å². The summed E-state index contributed by atoms with van der Waals surface area (Å²) in [4.78, 5) is 18.3. The minimum absolute atomic E-state index is 0.0138. The van der Waals surface area contributed by atoms with E-state index in [4.69, 9.17) is 9.84 Å². The Hall–Kier alpha value is -1.14. The Bertz CT molecular complexity index is 453. The van der Waals surface area contributed by atoms with Gasteiger partial charge < -0.3 is 9.84 Å². The van der Waals surface area contributed by atoms with E-state index in [2.05, 4.69) is 4.98 Å². The molecule has 1 aromatic rings. The average molecular weight is 284 g/mol. The van der Waals surface area contributed by atoms with Crippen LogP contribution >= 0.6 is 11.3 Å². The van der Waals surface area contributed by atoms with E-state index in [1.165, 1.54) is 11.3 Å². The zero-order chi connectivity index (χ0) is 14.0. The molecule has 6 heteroatoms. The number of carbonyl (C=O) groups excluding carboxylic acids is 1. The Morgan fingerprint density at radius 1 is 1.63 bits per heavy atom. The van der Waals surface area contributed by atoms with Crippen molar-refractivity contribution < 1.29 is 14.6 Å². The number of carbonyl (C=O) groups is 1. The number of hydrogen-bond acceptors (Lipinski definition) is 5. The monoisotopic (exact) mass is 284 g/mol. The van der Waals surface area contributed by atoms with Crippen LogP contribution in [-0.4, -0.2) is 33.2 Å². The zero-order valence-corrected chi connectivity index (χ0v) is 12.4. The molecule has 0 bridgehead atoms. The second kappa shape index (κ2) is 5.46. The third-order valence-corrected chi connectivity index (χ3v) is 3.89. The number of aliphatic hydroxyl groups is 1. The van der Waals surface area contributed by atoms with Gasteiger partial charge in [0, 0.05) is 11.9 Å². The second-order valence-electron chi connectivity index (χ2n) is 5.67. The lowest BCUT2D eigenvalue weighted by atomic mass is 10.2. The fraction of sp³-hybridized carbons (Fsp3) is 0.692. The molecule has 2 heterocycles. The minimum Gasteiger partial charge on any atom is -0.444 e. The van der Waals surface area contributed by atoms with Gasteiger partial charge in [0.05, 0.1) is 18.3 Å². The van der Waals surface area contributed by atoms with Crippen LogP contribution in [0.5, 0.6) is 0 Å². The van der Waals surface area contributed by atoms with Gasteiger partial charge in [-0.05, 0) is 33.6 Å². The summed E-state index contributed by atoms with van der Waals surface area (Å²) in [5.41, 5.74) is 0.180. The fourth-order valence-corrected chi connectivity index (χ4v) is 3.07. The van der Waals surface area contributed by atoms with Crippen molar-refractivity contribution in [1.29, 1.82) is 0 Å². The van der Waals surface area contributed by atoms with Gasteiger partial charge in [-0.1, -0.05) is 0 Å². The van der Waals surface area contributed by atoms with Crippen molar-refractivity contribution >= 4 is 17.4 Å². The predicted molar refractivity (Wildman–Crippen MR) is 73.0 cm³/mol. The predicted octanol–water partition coefficient (Wildman–Crippen LogP) is 2.71. The number of nitrogens with zero attached hydrogens (tertiary/aromatic N) is 2. The van der Waals surface area contributed by atoms with E-state index in [9.17, 15) is 4.79 Å². The van der Waals surface area contributed by atoms with Gasteiger partial charge in [0.15, 0.2) is 0 Å². The van der Waals surface area contributed by atoms with E-state index in [1.807, 2.05) is 26.2 Å². The summed E-state index contributed by atoms with van der Waals surface area (Å²) in [5, 5.41) is 11.8. The van der Waals surface area contributed by atoms with E-state index in [1.54, 1.807) is 4.90 Å². The van der Waals surface area contributed by atoms with E-state index in [0.29, 0.717) is 12.2 Å². The van der Waals surface area contributed by atoms with Gasteiger partial charge in [0.25, 0.3) is 0 Å². The third kappa shape index (κ3) is 3.45. The molecule has 1 amide bonds. The molecule has 0 aliphatic carbocycles. The zero-order valence-electron chi connectivity index (χ0n) is 11.5. The first kappa shape index (κ1) is 14.3. The fourth-order valence-electron chi connectivity index (χ4n) is 2.11. The quantitative estimate of drug-likeness (QED) is 0.907. The molecule has 5 nitrogen and oxygen atoms in total. The number of rotatable bonds is 2. The maximum Gasteiger partial charge on any atom is 0.410 e. The number of likely N-dealkylation sites (tertiary alicyclic amines) is 1. The lowest BCUT2D eigenvalue weighted by Gasteiger charge is -2.27. The van der Waals surface area contributed by atoms with E-state index in [0.717, 1.165) is 17.8 Å². The molecule has 106 valence electrons. The maximum atomic E-state index is 12.2. The van der Waals surface area contributed by atoms with Gasteiger partial charge >= 0.3 is 6.09 Å². The Morgan fingerprint density at radius 3 is 2.95 bits per heavy atom. The van der Waals surface area contributed by atoms with Crippen LogP contribution in [0.1, 0.15) is 50.4 Å². The lowest BCUT2D eigenvalue weighted by Crippen LogP contribution is -2.36. The summed E-state index contributed by atoms with van der Waals surface area (Å²) in [6.07, 6.45) is 1.58. The first-order valence-corrected chi connectivity index (χ1v) is 7.33. The topological polar surface area (TPSA) is 62.7 Å². The summed E-state index contributed by atoms with van der Waals surface area (Å²) in [6.45, 7) is 6.24. The summed E-state index contributed by atoms with van der Waals surface area (Å²) in [5.74, 6) is 0. The molecule has 1 aliphatic heterocycles. The van der Waals surface area contributed by atoms with Gasteiger partial charge in [-0.25, -0.2) is 9.78 Å². The van der Waals surface area contributed by atoms with Crippen molar-refractivity contribution in [3.8, 4) is 0 Å². The van der Waals surface area contributed by atoms with Gasteiger partial charge in [-0.3, -0.25) is 4.90 Å². The van der Waals surface area contributed by atoms with Crippen molar-refractivity contribution in [3.05, 3.63) is 16.1 Å². The highest BCUT2D eigenvalue weighted by molar-refractivity contribution is 7.09. The summed E-state index contributed by atoms with van der Waals surface area (Å²) >= 11 is 1.49. The summed E-state index contributed by atoms with van der Waals surface area (Å²) in [7, 11) is 0. The molecule has 1 N–H and O–H groups in total. The molecule has 0 radical (unpaired) electrons. The number of hydrogen-bond donors (Lipinski definition) is 1. The highest BCUT2D eigenvalue weighted by Crippen LogP contribution is 2.34. The smallest absolute Gasteiger partial charge is 0.410 e. The highest BCUT2D eigenvalue weighted by atomic mass is 32.1. The lowest BCUT2D eigenvalue weighted by molar-refractivity contribution is 0.0224. The van der Waals surface area contributed by atoms with E-state index >= 15 is 0 Å². The molecule has 0 aromatic carbocycles. The number of aromatic nitrogens is 1. The SMILES string of the molecule is CC(C)(C)OC(=O)N1CCCC1c1nc(CO)cs1. The molecule has 0 spiro atoms. The first-order chi connectivity index (χ1) is 8.90. The van der Waals surface area contributed by atoms with Crippen LogP contribution < -0.4 is 0 Å². The molecule has 19 heavy (non-hydrogen) atoms. The average Bonchev–Trinajstić information content (AvgIpc) is 2.95. The molecule has 1 aromatic heterocycles. The molecule has 1 saturated heterocycles.